The van der Waals surface area contributed by atoms with Crippen LogP contribution >= 0.6 is 23.2 Å². The second-order valence-electron chi connectivity index (χ2n) is 5.68. The first-order chi connectivity index (χ1) is 13.8. The molecule has 150 valence electrons. The monoisotopic (exact) mass is 434 g/mol. The topological polar surface area (TPSA) is 112 Å². The molecule has 2 rings (SSSR count). The highest BCUT2D eigenvalue weighted by Crippen LogP contribution is 2.21. The van der Waals surface area contributed by atoms with Crippen molar-refractivity contribution in [3.05, 3.63) is 69.8 Å². The first-order valence-electron chi connectivity index (χ1n) is 8.21. The molecule has 0 aliphatic heterocycles. The number of nitrogens with two attached hydrogens (primary N) is 1. The van der Waals surface area contributed by atoms with E-state index < -0.39 is 24.6 Å². The van der Waals surface area contributed by atoms with Gasteiger partial charge in [0.05, 0.1) is 0 Å². The van der Waals surface area contributed by atoms with Crippen molar-refractivity contribution in [3.8, 4) is 17.6 Å². The van der Waals surface area contributed by atoms with Crippen molar-refractivity contribution in [2.24, 2.45) is 5.73 Å². The number of nitrogens with zero attached hydrogens (tertiary/aromatic N) is 1. The number of nitriles is 1. The molecule has 0 aromatic heterocycles. The standard InChI is InChI=1S/C20H16Cl2N2O5/c1-12(24)17(10-23)18(25)11-27-19(26)20(28-15-6-2-13(21)3-7-15)29-16-8-4-14(22)5-9-16/h2-9,20H,11,24H2,1H3/b17-12-. The molecule has 0 heterocycles. The minimum absolute atomic E-state index is 0.0277. The second kappa shape index (κ2) is 10.4. The predicted molar refractivity (Wildman–Crippen MR) is 106 cm³/mol. The van der Waals surface area contributed by atoms with E-state index in [0.29, 0.717) is 10.0 Å². The van der Waals surface area contributed by atoms with E-state index in [1.807, 2.05) is 0 Å². The zero-order valence-electron chi connectivity index (χ0n) is 15.2. The summed E-state index contributed by atoms with van der Waals surface area (Å²) >= 11 is 11.7. The third-order valence-electron chi connectivity index (χ3n) is 3.44. The van der Waals surface area contributed by atoms with Crippen LogP contribution in [0.15, 0.2) is 59.8 Å². The number of benzene rings is 2. The van der Waals surface area contributed by atoms with Gasteiger partial charge in [-0.1, -0.05) is 23.2 Å². The lowest BCUT2D eigenvalue weighted by molar-refractivity contribution is -0.167. The Morgan fingerprint density at radius 3 is 1.83 bits per heavy atom. The van der Waals surface area contributed by atoms with Crippen LogP contribution in [-0.4, -0.2) is 24.6 Å². The van der Waals surface area contributed by atoms with Gasteiger partial charge in [-0.3, -0.25) is 4.79 Å². The van der Waals surface area contributed by atoms with Gasteiger partial charge in [-0.15, -0.1) is 0 Å². The van der Waals surface area contributed by atoms with E-state index in [0.717, 1.165) is 0 Å². The van der Waals surface area contributed by atoms with E-state index >= 15 is 0 Å². The van der Waals surface area contributed by atoms with Crippen LogP contribution < -0.4 is 15.2 Å². The van der Waals surface area contributed by atoms with Crippen molar-refractivity contribution in [1.82, 2.24) is 0 Å². The van der Waals surface area contributed by atoms with Crippen molar-refractivity contribution in [3.63, 3.8) is 0 Å². The highest BCUT2D eigenvalue weighted by atomic mass is 35.5. The molecule has 2 aromatic rings. The van der Waals surface area contributed by atoms with Crippen molar-refractivity contribution < 1.29 is 23.8 Å². The summed E-state index contributed by atoms with van der Waals surface area (Å²) in [6.07, 6.45) is -1.53. The van der Waals surface area contributed by atoms with Crippen LogP contribution in [0.1, 0.15) is 6.92 Å². The summed E-state index contributed by atoms with van der Waals surface area (Å²) in [7, 11) is 0. The maximum atomic E-state index is 12.5. The largest absolute Gasteiger partial charge is 0.452 e. The number of ketones is 1. The Morgan fingerprint density at radius 1 is 1.00 bits per heavy atom. The van der Waals surface area contributed by atoms with Gasteiger partial charge in [0.15, 0.2) is 6.61 Å². The maximum absolute atomic E-state index is 12.5. The molecule has 0 amide bonds. The third kappa shape index (κ3) is 6.71. The fourth-order valence-corrected chi connectivity index (χ4v) is 2.29. The van der Waals surface area contributed by atoms with E-state index in [-0.39, 0.29) is 22.8 Å². The smallest absolute Gasteiger partial charge is 0.389 e. The molecule has 2 N–H and O–H groups in total. The number of hydrogen-bond acceptors (Lipinski definition) is 7. The van der Waals surface area contributed by atoms with Crippen LogP contribution in [0.25, 0.3) is 0 Å². The molecule has 29 heavy (non-hydrogen) atoms. The van der Waals surface area contributed by atoms with Gasteiger partial charge in [0.2, 0.25) is 5.78 Å². The Labute approximate surface area is 177 Å². The quantitative estimate of drug-likeness (QED) is 0.292. The maximum Gasteiger partial charge on any atom is 0.389 e. The third-order valence-corrected chi connectivity index (χ3v) is 3.94. The molecule has 0 radical (unpaired) electrons. The van der Waals surface area contributed by atoms with Crippen molar-refractivity contribution in [2.45, 2.75) is 13.2 Å². The summed E-state index contributed by atoms with van der Waals surface area (Å²) in [4.78, 5) is 24.5. The molecule has 0 saturated heterocycles. The lowest BCUT2D eigenvalue weighted by Crippen LogP contribution is -2.36. The van der Waals surface area contributed by atoms with E-state index in [1.165, 1.54) is 31.2 Å². The molecule has 2 aromatic carbocycles. The second-order valence-corrected chi connectivity index (χ2v) is 6.55. The Bertz CT molecular complexity index is 899. The molecule has 0 saturated carbocycles. The van der Waals surface area contributed by atoms with Gasteiger partial charge in [-0.05, 0) is 55.5 Å². The fourth-order valence-electron chi connectivity index (χ4n) is 2.04. The van der Waals surface area contributed by atoms with Crippen LogP contribution in [0.5, 0.6) is 11.5 Å². The predicted octanol–water partition coefficient (Wildman–Crippen LogP) is 3.65. The van der Waals surface area contributed by atoms with E-state index in [9.17, 15) is 9.59 Å². The molecule has 0 bridgehead atoms. The van der Waals surface area contributed by atoms with Gasteiger partial charge >= 0.3 is 12.3 Å². The Balaban J connectivity index is 2.14. The molecule has 0 aliphatic rings. The molecule has 0 atom stereocenters. The van der Waals surface area contributed by atoms with Crippen LogP contribution in [0, 0.1) is 11.3 Å². The number of halogens is 2. The zero-order valence-corrected chi connectivity index (χ0v) is 16.7. The highest BCUT2D eigenvalue weighted by Gasteiger charge is 2.26. The lowest BCUT2D eigenvalue weighted by Gasteiger charge is -2.19. The summed E-state index contributed by atoms with van der Waals surface area (Å²) < 4.78 is 16.0. The van der Waals surface area contributed by atoms with Crippen LogP contribution in [0.4, 0.5) is 0 Å². The van der Waals surface area contributed by atoms with E-state index in [2.05, 4.69) is 0 Å². The molecule has 9 heteroatoms. The fraction of sp³-hybridized carbons (Fsp3) is 0.150. The number of ether oxygens (including phenoxy) is 3. The number of rotatable bonds is 8. The van der Waals surface area contributed by atoms with Crippen molar-refractivity contribution >= 4 is 35.0 Å². The van der Waals surface area contributed by atoms with Gasteiger partial charge in [0.1, 0.15) is 23.1 Å². The van der Waals surface area contributed by atoms with E-state index in [1.54, 1.807) is 30.3 Å². The van der Waals surface area contributed by atoms with Gasteiger partial charge in [0.25, 0.3) is 0 Å². The lowest BCUT2D eigenvalue weighted by atomic mass is 10.1. The summed E-state index contributed by atoms with van der Waals surface area (Å²) in [5.41, 5.74) is 5.21. The molecule has 0 aliphatic carbocycles. The first-order valence-corrected chi connectivity index (χ1v) is 8.96. The summed E-state index contributed by atoms with van der Waals surface area (Å²) in [6, 6.07) is 14.1. The highest BCUT2D eigenvalue weighted by molar-refractivity contribution is 6.30. The van der Waals surface area contributed by atoms with Gasteiger partial charge in [-0.25, -0.2) is 4.79 Å². The Kier molecular flexibility index (Phi) is 7.89. The number of Topliss-reactive ketones (excluding diaryl/α,β-unsaturated/α-hetero) is 1. The minimum atomic E-state index is -1.53. The van der Waals surface area contributed by atoms with Gasteiger partial charge < -0.3 is 19.9 Å². The van der Waals surface area contributed by atoms with E-state index in [4.69, 9.17) is 48.4 Å². The summed E-state index contributed by atoms with van der Waals surface area (Å²) in [5, 5.41) is 9.92. The SMILES string of the molecule is C/C(N)=C(\C#N)C(=O)COC(=O)C(Oc1ccc(Cl)cc1)Oc1ccc(Cl)cc1. The van der Waals surface area contributed by atoms with Gasteiger partial charge in [-0.2, -0.15) is 5.26 Å². The first kappa shape index (κ1) is 22.1. The summed E-state index contributed by atoms with van der Waals surface area (Å²) in [5.74, 6) is -1.15. The normalized spacial score (nSPS) is 11.3. The van der Waals surface area contributed by atoms with Crippen LogP contribution in [0.2, 0.25) is 10.0 Å². The van der Waals surface area contributed by atoms with Gasteiger partial charge in [0, 0.05) is 15.7 Å². The summed E-state index contributed by atoms with van der Waals surface area (Å²) in [6.45, 7) is 0.703. The molecule has 0 fully saturated rings. The minimum Gasteiger partial charge on any atom is -0.452 e. The Hall–Kier alpha value is -3.21. The molecule has 0 spiro atoms. The molecule has 0 unspecified atom stereocenters. The molecular formula is C20H16Cl2N2O5. The number of carbonyl (C=O) groups is 2. The van der Waals surface area contributed by atoms with Crippen LogP contribution in [-0.2, 0) is 14.3 Å². The number of carbonyl (C=O) groups excluding carboxylic acids is 2. The number of allylic oxidation sites excluding steroid dienone is 1. The molecular weight excluding hydrogens is 419 g/mol. The average Bonchev–Trinajstić information content (AvgIpc) is 2.69. The number of esters is 1. The number of hydrogen-bond donors (Lipinski definition) is 1. The Morgan fingerprint density at radius 2 is 1.45 bits per heavy atom. The van der Waals surface area contributed by atoms with Crippen molar-refractivity contribution in [2.75, 3.05) is 6.61 Å². The average molecular weight is 435 g/mol. The van der Waals surface area contributed by atoms with Crippen molar-refractivity contribution in [1.29, 1.82) is 5.26 Å². The van der Waals surface area contributed by atoms with Crippen LogP contribution in [0.3, 0.4) is 0 Å². The zero-order chi connectivity index (χ0) is 21.4. The molecule has 7 nitrogen and oxygen atoms in total.